The van der Waals surface area contributed by atoms with E-state index in [1.165, 1.54) is 17.2 Å². The van der Waals surface area contributed by atoms with Crippen molar-refractivity contribution in [3.63, 3.8) is 0 Å². The molecule has 11 heteroatoms. The molecule has 11 nitrogen and oxygen atoms in total. The van der Waals surface area contributed by atoms with Crippen LogP contribution in [0.25, 0.3) is 0 Å². The molecule has 5 rings (SSSR count). The van der Waals surface area contributed by atoms with Crippen molar-refractivity contribution in [3.8, 4) is 0 Å². The quantitative estimate of drug-likeness (QED) is 0.351. The van der Waals surface area contributed by atoms with Gasteiger partial charge in [0.05, 0.1) is 12.2 Å². The molecule has 210 valence electrons. The number of nitrogens with two attached hydrogens (primary N) is 2. The van der Waals surface area contributed by atoms with Crippen LogP contribution >= 0.6 is 0 Å². The number of furan rings is 1. The molecule has 2 aliphatic heterocycles. The van der Waals surface area contributed by atoms with E-state index in [4.69, 9.17) is 15.9 Å². The average molecular weight is 540 g/mol. The number of hydrogen-bond donors (Lipinski definition) is 4. The molecule has 1 aromatic rings. The highest BCUT2D eigenvalue weighted by molar-refractivity contribution is 6.01. The van der Waals surface area contributed by atoms with Crippen LogP contribution in [0.5, 0.6) is 0 Å². The lowest BCUT2D eigenvalue weighted by Crippen LogP contribution is -2.70. The van der Waals surface area contributed by atoms with Crippen LogP contribution in [0.3, 0.4) is 0 Å². The number of allylic oxidation sites excluding steroid dienone is 2. The molecule has 0 spiro atoms. The summed E-state index contributed by atoms with van der Waals surface area (Å²) in [4.78, 5) is 68.4. The fourth-order valence-corrected chi connectivity index (χ4v) is 7.61. The normalized spacial score (nSPS) is 32.5. The summed E-state index contributed by atoms with van der Waals surface area (Å²) in [6.07, 6.45) is 6.82. The van der Waals surface area contributed by atoms with Crippen LogP contribution in [0, 0.1) is 40.9 Å². The van der Waals surface area contributed by atoms with Crippen molar-refractivity contribution in [2.75, 3.05) is 13.1 Å². The van der Waals surface area contributed by atoms with Crippen LogP contribution in [0.2, 0.25) is 0 Å². The van der Waals surface area contributed by atoms with Crippen molar-refractivity contribution in [3.05, 3.63) is 36.3 Å². The molecule has 0 radical (unpaired) electrons. The number of rotatable bonds is 8. The van der Waals surface area contributed by atoms with Gasteiger partial charge in [0.2, 0.25) is 23.6 Å². The van der Waals surface area contributed by atoms with E-state index in [-0.39, 0.29) is 42.4 Å². The van der Waals surface area contributed by atoms with Crippen LogP contribution in [-0.2, 0) is 19.2 Å². The molecule has 2 bridgehead atoms. The zero-order valence-corrected chi connectivity index (χ0v) is 22.5. The van der Waals surface area contributed by atoms with Gasteiger partial charge in [0.1, 0.15) is 11.6 Å². The molecule has 5 unspecified atom stereocenters. The molecular formula is C28H37N5O6. The first-order valence-corrected chi connectivity index (χ1v) is 13.6. The molecule has 5 amide bonds. The van der Waals surface area contributed by atoms with Crippen molar-refractivity contribution in [2.24, 2.45) is 52.4 Å². The van der Waals surface area contributed by atoms with Gasteiger partial charge in [0.15, 0.2) is 5.76 Å². The first-order valence-electron chi connectivity index (χ1n) is 13.6. The largest absolute Gasteiger partial charge is 0.459 e. The lowest BCUT2D eigenvalue weighted by atomic mass is 9.64. The first kappa shape index (κ1) is 27.0. The van der Waals surface area contributed by atoms with Gasteiger partial charge in [-0.15, -0.1) is 0 Å². The zero-order chi connectivity index (χ0) is 28.3. The number of carbonyl (C=O) groups excluding carboxylic acids is 5. The number of nitrogens with one attached hydrogen (secondary N) is 2. The predicted molar refractivity (Wildman–Crippen MR) is 139 cm³/mol. The van der Waals surface area contributed by atoms with Crippen LogP contribution in [-0.4, -0.2) is 59.1 Å². The summed E-state index contributed by atoms with van der Waals surface area (Å²) in [5.41, 5.74) is 9.70. The second-order valence-corrected chi connectivity index (χ2v) is 12.5. The fourth-order valence-electron chi connectivity index (χ4n) is 7.61. The Bertz CT molecular complexity index is 1220. The third-order valence-corrected chi connectivity index (χ3v) is 9.32. The molecule has 6 N–H and O–H groups in total. The Morgan fingerprint density at radius 1 is 1.21 bits per heavy atom. The third kappa shape index (κ3) is 4.22. The molecular weight excluding hydrogens is 502 g/mol. The van der Waals surface area contributed by atoms with Gasteiger partial charge in [-0.1, -0.05) is 32.9 Å². The minimum Gasteiger partial charge on any atom is -0.459 e. The van der Waals surface area contributed by atoms with Gasteiger partial charge in [-0.2, -0.15) is 0 Å². The monoisotopic (exact) mass is 539 g/mol. The van der Waals surface area contributed by atoms with E-state index in [1.54, 1.807) is 26.8 Å². The van der Waals surface area contributed by atoms with Crippen LogP contribution < -0.4 is 22.1 Å². The summed E-state index contributed by atoms with van der Waals surface area (Å²) in [5.74, 6) is -4.99. The van der Waals surface area contributed by atoms with Crippen molar-refractivity contribution in [1.82, 2.24) is 15.5 Å². The number of carbonyl (C=O) groups is 5. The Morgan fingerprint density at radius 3 is 2.49 bits per heavy atom. The fraction of sp³-hybridized carbons (Fsp3) is 0.607. The van der Waals surface area contributed by atoms with Gasteiger partial charge in [-0.05, 0) is 54.6 Å². The Labute approximate surface area is 227 Å². The average Bonchev–Trinajstić information content (AvgIpc) is 3.67. The highest BCUT2D eigenvalue weighted by Gasteiger charge is 2.70. The second kappa shape index (κ2) is 9.53. The standard InChI is InChI=1S/C28H37N5O6/c1-27(2,3)21(32-24(36)19-5-4-10-39-19)25(37)33-13-17-14-6-7-15(11-14)20(17)28(33,26(30)38)18(22(29)34)12-16-8-9-31-23(16)35/h4-7,10,14-18,20-21H,8-9,11-13H2,1-3H3,(H2,29,34)(H2,30,38)(H,31,35)(H,32,36)/t14?,15?,16-,17?,18-,20?,21-,28?/m1/s1. The highest BCUT2D eigenvalue weighted by atomic mass is 16.3. The first-order chi connectivity index (χ1) is 18.4. The second-order valence-electron chi connectivity index (χ2n) is 12.5. The lowest BCUT2D eigenvalue weighted by molar-refractivity contribution is -0.157. The van der Waals surface area contributed by atoms with Gasteiger partial charge in [-0.25, -0.2) is 0 Å². The topological polar surface area (TPSA) is 178 Å². The maximum absolute atomic E-state index is 14.5. The number of likely N-dealkylation sites (tertiary alicyclic amines) is 1. The minimum atomic E-state index is -1.74. The van der Waals surface area contributed by atoms with Crippen molar-refractivity contribution >= 4 is 29.5 Å². The van der Waals surface area contributed by atoms with E-state index in [0.29, 0.717) is 13.0 Å². The summed E-state index contributed by atoms with van der Waals surface area (Å²) in [7, 11) is 0. The number of amides is 5. The minimum absolute atomic E-state index is 0.0111. The number of fused-ring (bicyclic) bond motifs is 5. The molecule has 2 aliphatic carbocycles. The van der Waals surface area contributed by atoms with Gasteiger partial charge in [-0.3, -0.25) is 24.0 Å². The van der Waals surface area contributed by atoms with Gasteiger partial charge in [0.25, 0.3) is 5.91 Å². The number of primary amides is 2. The van der Waals surface area contributed by atoms with Gasteiger partial charge in [0, 0.05) is 24.9 Å². The van der Waals surface area contributed by atoms with E-state index < -0.39 is 58.4 Å². The van der Waals surface area contributed by atoms with Crippen molar-refractivity contribution in [2.45, 2.75) is 51.6 Å². The summed E-state index contributed by atoms with van der Waals surface area (Å²) in [5, 5.41) is 5.56. The van der Waals surface area contributed by atoms with Crippen LogP contribution in [0.15, 0.2) is 35.0 Å². The predicted octanol–water partition coefficient (Wildman–Crippen LogP) is 0.556. The molecule has 8 atom stereocenters. The maximum Gasteiger partial charge on any atom is 0.287 e. The van der Waals surface area contributed by atoms with E-state index in [0.717, 1.165) is 6.42 Å². The molecule has 3 heterocycles. The van der Waals surface area contributed by atoms with E-state index in [2.05, 4.69) is 16.7 Å². The molecule has 1 saturated carbocycles. The molecule has 1 aromatic heterocycles. The summed E-state index contributed by atoms with van der Waals surface area (Å²) >= 11 is 0. The SMILES string of the molecule is CC(C)(C)[C@H](NC(=O)c1ccco1)C(=O)N1CC2C3C=CC(C3)C2C1(C(N)=O)[C@H](C[C@H]1CCNC1=O)C(N)=O. The molecule has 2 saturated heterocycles. The Balaban J connectivity index is 1.59. The van der Waals surface area contributed by atoms with Crippen molar-refractivity contribution < 1.29 is 28.4 Å². The number of nitrogens with zero attached hydrogens (tertiary/aromatic N) is 1. The van der Waals surface area contributed by atoms with Crippen LogP contribution in [0.4, 0.5) is 0 Å². The molecule has 39 heavy (non-hydrogen) atoms. The smallest absolute Gasteiger partial charge is 0.287 e. The van der Waals surface area contributed by atoms with E-state index in [1.807, 2.05) is 6.08 Å². The Morgan fingerprint density at radius 2 is 1.92 bits per heavy atom. The third-order valence-electron chi connectivity index (χ3n) is 9.32. The summed E-state index contributed by atoms with van der Waals surface area (Å²) < 4.78 is 5.23. The van der Waals surface area contributed by atoms with E-state index >= 15 is 0 Å². The Kier molecular flexibility index (Phi) is 6.59. The molecule has 4 aliphatic rings. The zero-order valence-electron chi connectivity index (χ0n) is 22.5. The molecule has 0 aromatic carbocycles. The Hall–Kier alpha value is -3.63. The summed E-state index contributed by atoms with van der Waals surface area (Å²) in [6, 6.07) is 2.00. The number of hydrogen-bond acceptors (Lipinski definition) is 6. The lowest BCUT2D eigenvalue weighted by Gasteiger charge is -2.47. The molecule has 3 fully saturated rings. The maximum atomic E-state index is 14.5. The van der Waals surface area contributed by atoms with Crippen LogP contribution in [0.1, 0.15) is 50.6 Å². The van der Waals surface area contributed by atoms with E-state index in [9.17, 15) is 24.0 Å². The summed E-state index contributed by atoms with van der Waals surface area (Å²) in [6.45, 7) is 6.08. The van der Waals surface area contributed by atoms with Gasteiger partial charge >= 0.3 is 0 Å². The highest BCUT2D eigenvalue weighted by Crippen LogP contribution is 2.61. The van der Waals surface area contributed by atoms with Gasteiger partial charge < -0.3 is 31.4 Å². The van der Waals surface area contributed by atoms with Crippen molar-refractivity contribution in [1.29, 1.82) is 0 Å².